The minimum atomic E-state index is -0.290. The first-order valence-electron chi connectivity index (χ1n) is 10.8. The summed E-state index contributed by atoms with van der Waals surface area (Å²) < 4.78 is 9.90. The molecule has 0 saturated carbocycles. The van der Waals surface area contributed by atoms with Crippen molar-refractivity contribution in [3.8, 4) is 0 Å². The number of ether oxygens (including phenoxy) is 2. The molecule has 6 heteroatoms. The van der Waals surface area contributed by atoms with Crippen LogP contribution in [-0.4, -0.2) is 42.6 Å². The van der Waals surface area contributed by atoms with Crippen LogP contribution in [0.5, 0.6) is 0 Å². The van der Waals surface area contributed by atoms with Gasteiger partial charge in [0.05, 0.1) is 13.2 Å². The number of unbranched alkanes of at least 4 members (excludes halogenated alkanes) is 2. The SMILES string of the molecule is CCOC(=O)CCCC(=O)c1ccc(C=CCCCCO)c(CCC(=O)OCC)c1. The molecule has 0 radical (unpaired) electrons. The molecule has 6 nitrogen and oxygen atoms in total. The standard InChI is InChI=1S/C24H34O6/c1-3-29-23(27)12-9-11-22(26)21-14-13-19(10-7-5-6-8-17-25)20(18-21)15-16-24(28)30-4-2/h7,10,13-14,18,25H,3-6,8-9,11-12,15-17H2,1-2H3. The van der Waals surface area contributed by atoms with Gasteiger partial charge in [-0.2, -0.15) is 0 Å². The van der Waals surface area contributed by atoms with Crippen molar-refractivity contribution in [1.82, 2.24) is 0 Å². The molecule has 0 aliphatic heterocycles. The fourth-order valence-electron chi connectivity index (χ4n) is 2.98. The van der Waals surface area contributed by atoms with E-state index in [0.29, 0.717) is 31.6 Å². The molecule has 0 aromatic heterocycles. The Kier molecular flexibility index (Phi) is 13.1. The lowest BCUT2D eigenvalue weighted by Gasteiger charge is -2.10. The van der Waals surface area contributed by atoms with Gasteiger partial charge in [0.15, 0.2) is 5.78 Å². The van der Waals surface area contributed by atoms with E-state index < -0.39 is 0 Å². The van der Waals surface area contributed by atoms with Crippen LogP contribution >= 0.6 is 0 Å². The summed E-state index contributed by atoms with van der Waals surface area (Å²) in [6.45, 7) is 4.39. The quantitative estimate of drug-likeness (QED) is 0.260. The van der Waals surface area contributed by atoms with Gasteiger partial charge in [0.1, 0.15) is 0 Å². The lowest BCUT2D eigenvalue weighted by molar-refractivity contribution is -0.144. The highest BCUT2D eigenvalue weighted by atomic mass is 16.5. The summed E-state index contributed by atoms with van der Waals surface area (Å²) in [4.78, 5) is 35.7. The Bertz CT molecular complexity index is 708. The molecular weight excluding hydrogens is 384 g/mol. The molecule has 166 valence electrons. The minimum Gasteiger partial charge on any atom is -0.466 e. The number of hydrogen-bond donors (Lipinski definition) is 1. The van der Waals surface area contributed by atoms with E-state index in [4.69, 9.17) is 14.6 Å². The zero-order chi connectivity index (χ0) is 22.2. The molecule has 0 fully saturated rings. The van der Waals surface area contributed by atoms with Crippen molar-refractivity contribution in [2.24, 2.45) is 0 Å². The second-order valence-electron chi connectivity index (χ2n) is 6.92. The number of benzene rings is 1. The maximum Gasteiger partial charge on any atom is 0.306 e. The van der Waals surface area contributed by atoms with Crippen LogP contribution in [0.15, 0.2) is 24.3 Å². The van der Waals surface area contributed by atoms with Crippen molar-refractivity contribution < 1.29 is 29.0 Å². The van der Waals surface area contributed by atoms with Gasteiger partial charge in [0.25, 0.3) is 0 Å². The van der Waals surface area contributed by atoms with Crippen LogP contribution in [0.4, 0.5) is 0 Å². The number of hydrogen-bond acceptors (Lipinski definition) is 6. The number of Topliss-reactive ketones (excluding diaryl/α,β-unsaturated/α-hetero) is 1. The predicted octanol–water partition coefficient (Wildman–Crippen LogP) is 4.27. The zero-order valence-electron chi connectivity index (χ0n) is 18.2. The summed E-state index contributed by atoms with van der Waals surface area (Å²) in [7, 11) is 0. The molecule has 1 aromatic rings. The van der Waals surface area contributed by atoms with Crippen molar-refractivity contribution >= 4 is 23.8 Å². The van der Waals surface area contributed by atoms with E-state index in [2.05, 4.69) is 0 Å². The molecule has 0 saturated heterocycles. The Hall–Kier alpha value is -2.47. The Morgan fingerprint density at radius 2 is 1.63 bits per heavy atom. The predicted molar refractivity (Wildman–Crippen MR) is 116 cm³/mol. The molecule has 0 aliphatic rings. The van der Waals surface area contributed by atoms with Gasteiger partial charge in [0.2, 0.25) is 0 Å². The number of rotatable bonds is 15. The smallest absolute Gasteiger partial charge is 0.306 e. The minimum absolute atomic E-state index is 0.0323. The highest BCUT2D eigenvalue weighted by Crippen LogP contribution is 2.19. The molecule has 1 rings (SSSR count). The summed E-state index contributed by atoms with van der Waals surface area (Å²) in [6.07, 6.45) is 8.23. The number of carbonyl (C=O) groups excluding carboxylic acids is 3. The van der Waals surface area contributed by atoms with Crippen LogP contribution in [-0.2, 0) is 25.5 Å². The van der Waals surface area contributed by atoms with Gasteiger partial charge >= 0.3 is 11.9 Å². The van der Waals surface area contributed by atoms with Crippen molar-refractivity contribution in [3.63, 3.8) is 0 Å². The number of allylic oxidation sites excluding steroid dienone is 1. The first kappa shape index (κ1) is 25.6. The maximum atomic E-state index is 12.5. The van der Waals surface area contributed by atoms with Gasteiger partial charge in [-0.05, 0) is 63.1 Å². The second-order valence-corrected chi connectivity index (χ2v) is 6.92. The number of esters is 2. The third-order valence-corrected chi connectivity index (χ3v) is 4.54. The normalized spacial score (nSPS) is 10.9. The van der Waals surface area contributed by atoms with Gasteiger partial charge in [-0.3, -0.25) is 14.4 Å². The molecule has 0 aliphatic carbocycles. The largest absolute Gasteiger partial charge is 0.466 e. The molecule has 30 heavy (non-hydrogen) atoms. The van der Waals surface area contributed by atoms with Crippen LogP contribution < -0.4 is 0 Å². The summed E-state index contributed by atoms with van der Waals surface area (Å²) in [6, 6.07) is 5.51. The second kappa shape index (κ2) is 15.4. The van der Waals surface area contributed by atoms with E-state index in [9.17, 15) is 14.4 Å². The molecule has 1 aromatic carbocycles. The van der Waals surface area contributed by atoms with Gasteiger partial charge in [0, 0.05) is 31.4 Å². The Morgan fingerprint density at radius 3 is 2.30 bits per heavy atom. The lowest BCUT2D eigenvalue weighted by atomic mass is 9.96. The van der Waals surface area contributed by atoms with Gasteiger partial charge in [-0.1, -0.05) is 24.3 Å². The van der Waals surface area contributed by atoms with E-state index in [0.717, 1.165) is 30.4 Å². The van der Waals surface area contributed by atoms with E-state index in [-0.39, 0.29) is 43.6 Å². The number of aliphatic hydroxyl groups excluding tert-OH is 1. The molecule has 0 spiro atoms. The van der Waals surface area contributed by atoms with E-state index in [1.165, 1.54) is 0 Å². The van der Waals surface area contributed by atoms with Crippen molar-refractivity contribution in [2.75, 3.05) is 19.8 Å². The number of ketones is 1. The fourth-order valence-corrected chi connectivity index (χ4v) is 2.98. The molecule has 0 bridgehead atoms. The molecular formula is C24H34O6. The van der Waals surface area contributed by atoms with Gasteiger partial charge in [-0.25, -0.2) is 0 Å². The van der Waals surface area contributed by atoms with Crippen molar-refractivity contribution in [1.29, 1.82) is 0 Å². The third-order valence-electron chi connectivity index (χ3n) is 4.54. The van der Waals surface area contributed by atoms with Crippen LogP contribution in [0.1, 0.15) is 80.3 Å². The van der Waals surface area contributed by atoms with E-state index in [1.54, 1.807) is 19.9 Å². The molecule has 0 unspecified atom stereocenters. The van der Waals surface area contributed by atoms with E-state index >= 15 is 0 Å². The van der Waals surface area contributed by atoms with Gasteiger partial charge < -0.3 is 14.6 Å². The zero-order valence-corrected chi connectivity index (χ0v) is 18.2. The topological polar surface area (TPSA) is 89.9 Å². The molecule has 0 heterocycles. The van der Waals surface area contributed by atoms with Crippen LogP contribution in [0.3, 0.4) is 0 Å². The first-order valence-corrected chi connectivity index (χ1v) is 10.8. The summed E-state index contributed by atoms with van der Waals surface area (Å²) in [5.74, 6) is -0.584. The van der Waals surface area contributed by atoms with Crippen LogP contribution in [0.25, 0.3) is 6.08 Å². The van der Waals surface area contributed by atoms with Crippen molar-refractivity contribution in [2.45, 2.75) is 65.2 Å². The average Bonchev–Trinajstić information content (AvgIpc) is 2.73. The monoisotopic (exact) mass is 418 g/mol. The number of aryl methyl sites for hydroxylation is 1. The third kappa shape index (κ3) is 10.3. The molecule has 0 amide bonds. The summed E-state index contributed by atoms with van der Waals surface area (Å²) in [5.41, 5.74) is 2.46. The molecule has 1 N–H and O–H groups in total. The summed E-state index contributed by atoms with van der Waals surface area (Å²) >= 11 is 0. The number of aliphatic hydroxyl groups is 1. The highest BCUT2D eigenvalue weighted by Gasteiger charge is 2.12. The average molecular weight is 419 g/mol. The summed E-state index contributed by atoms with van der Waals surface area (Å²) in [5, 5.41) is 8.87. The Labute approximate surface area is 179 Å². The fraction of sp³-hybridized carbons (Fsp3) is 0.542. The van der Waals surface area contributed by atoms with Gasteiger partial charge in [-0.15, -0.1) is 0 Å². The van der Waals surface area contributed by atoms with Crippen LogP contribution in [0.2, 0.25) is 0 Å². The lowest BCUT2D eigenvalue weighted by Crippen LogP contribution is -2.08. The highest BCUT2D eigenvalue weighted by molar-refractivity contribution is 5.96. The van der Waals surface area contributed by atoms with Crippen LogP contribution in [0, 0.1) is 0 Å². The Morgan fingerprint density at radius 1 is 0.933 bits per heavy atom. The van der Waals surface area contributed by atoms with Crippen molar-refractivity contribution in [3.05, 3.63) is 41.0 Å². The first-order chi connectivity index (χ1) is 14.5. The molecule has 0 atom stereocenters. The number of carbonyl (C=O) groups is 3. The maximum absolute atomic E-state index is 12.5. The Balaban J connectivity index is 2.82. The van der Waals surface area contributed by atoms with E-state index in [1.807, 2.05) is 24.3 Å².